The molecule has 2 aromatic carbocycles. The van der Waals surface area contributed by atoms with Crippen LogP contribution in [0.25, 0.3) is 0 Å². The maximum atomic E-state index is 13.0. The van der Waals surface area contributed by atoms with Crippen LogP contribution in [-0.4, -0.2) is 60.9 Å². The number of piperazine rings is 1. The van der Waals surface area contributed by atoms with Gasteiger partial charge in [-0.2, -0.15) is 0 Å². The molecule has 0 spiro atoms. The minimum Gasteiger partial charge on any atom is -0.354 e. The summed E-state index contributed by atoms with van der Waals surface area (Å²) in [4.78, 5) is 30.0. The van der Waals surface area contributed by atoms with Crippen molar-refractivity contribution < 1.29 is 9.59 Å². The van der Waals surface area contributed by atoms with Crippen LogP contribution in [0, 0.1) is 0 Å². The molecular weight excluding hydrogens is 386 g/mol. The second-order valence-electron chi connectivity index (χ2n) is 8.20. The van der Waals surface area contributed by atoms with E-state index in [1.165, 1.54) is 0 Å². The van der Waals surface area contributed by atoms with Crippen LogP contribution < -0.4 is 5.32 Å². The van der Waals surface area contributed by atoms with Gasteiger partial charge in [0.05, 0.1) is 11.8 Å². The number of nitrogens with zero attached hydrogens (tertiary/aromatic N) is 2. The van der Waals surface area contributed by atoms with Gasteiger partial charge in [0.15, 0.2) is 0 Å². The predicted molar refractivity (Wildman–Crippen MR) is 125 cm³/mol. The average molecular weight is 422 g/mol. The van der Waals surface area contributed by atoms with Gasteiger partial charge in [0.1, 0.15) is 0 Å². The molecule has 2 aromatic rings. The molecule has 2 atom stereocenters. The van der Waals surface area contributed by atoms with E-state index in [9.17, 15) is 9.59 Å². The highest BCUT2D eigenvalue weighted by molar-refractivity contribution is 5.84. The minimum atomic E-state index is -0.0976. The van der Waals surface area contributed by atoms with E-state index in [4.69, 9.17) is 0 Å². The van der Waals surface area contributed by atoms with Gasteiger partial charge >= 0.3 is 0 Å². The lowest BCUT2D eigenvalue weighted by Crippen LogP contribution is -2.51. The number of carbonyl (C=O) groups excluding carboxylic acids is 2. The molecule has 1 heterocycles. The van der Waals surface area contributed by atoms with Crippen molar-refractivity contribution in [2.45, 2.75) is 38.5 Å². The van der Waals surface area contributed by atoms with Gasteiger partial charge in [-0.25, -0.2) is 0 Å². The van der Waals surface area contributed by atoms with Gasteiger partial charge in [-0.15, -0.1) is 0 Å². The van der Waals surface area contributed by atoms with E-state index in [-0.39, 0.29) is 23.7 Å². The number of hydrogen-bond donors (Lipinski definition) is 1. The van der Waals surface area contributed by atoms with Gasteiger partial charge in [0.2, 0.25) is 11.8 Å². The second-order valence-corrected chi connectivity index (χ2v) is 8.20. The van der Waals surface area contributed by atoms with Gasteiger partial charge < -0.3 is 10.2 Å². The minimum absolute atomic E-state index is 0.0593. The smallest absolute Gasteiger partial charge is 0.230 e. The number of benzene rings is 2. The molecule has 3 rings (SSSR count). The molecule has 5 nitrogen and oxygen atoms in total. The fourth-order valence-corrected chi connectivity index (χ4v) is 4.37. The van der Waals surface area contributed by atoms with E-state index in [1.807, 2.05) is 72.5 Å². The Hall–Kier alpha value is -2.66. The van der Waals surface area contributed by atoms with Crippen molar-refractivity contribution in [2.24, 2.45) is 0 Å². The third-order valence-corrected chi connectivity index (χ3v) is 6.25. The van der Waals surface area contributed by atoms with Gasteiger partial charge in [-0.05, 0) is 24.0 Å². The van der Waals surface area contributed by atoms with Crippen molar-refractivity contribution in [1.82, 2.24) is 15.1 Å². The third-order valence-electron chi connectivity index (χ3n) is 6.25. The van der Waals surface area contributed by atoms with Crippen LogP contribution in [0.1, 0.15) is 49.7 Å². The van der Waals surface area contributed by atoms with E-state index >= 15 is 0 Å². The van der Waals surface area contributed by atoms with Crippen LogP contribution in [0.2, 0.25) is 0 Å². The van der Waals surface area contributed by atoms with Crippen LogP contribution in [0.15, 0.2) is 60.7 Å². The Morgan fingerprint density at radius 2 is 1.32 bits per heavy atom. The zero-order valence-electron chi connectivity index (χ0n) is 18.8. The summed E-state index contributed by atoms with van der Waals surface area (Å²) in [5.74, 6) is 0.169. The van der Waals surface area contributed by atoms with Gasteiger partial charge in [0.25, 0.3) is 0 Å². The van der Waals surface area contributed by atoms with E-state index in [2.05, 4.69) is 17.1 Å². The third kappa shape index (κ3) is 6.17. The lowest BCUT2D eigenvalue weighted by Gasteiger charge is -2.36. The molecule has 0 unspecified atom stereocenters. The lowest BCUT2D eigenvalue weighted by molar-refractivity contribution is -0.134. The quantitative estimate of drug-likeness (QED) is 0.673. The first kappa shape index (κ1) is 23.0. The van der Waals surface area contributed by atoms with Crippen molar-refractivity contribution >= 4 is 11.8 Å². The van der Waals surface area contributed by atoms with Crippen LogP contribution in [0.3, 0.4) is 0 Å². The van der Waals surface area contributed by atoms with Gasteiger partial charge in [0, 0.05) is 39.3 Å². The predicted octanol–water partition coefficient (Wildman–Crippen LogP) is 3.63. The van der Waals surface area contributed by atoms with E-state index in [0.29, 0.717) is 6.54 Å². The molecule has 31 heavy (non-hydrogen) atoms. The Labute approximate surface area is 186 Å². The fraction of sp³-hybridized carbons (Fsp3) is 0.462. The van der Waals surface area contributed by atoms with Crippen molar-refractivity contribution in [2.75, 3.05) is 39.3 Å². The molecule has 1 N–H and O–H groups in total. The van der Waals surface area contributed by atoms with Crippen molar-refractivity contribution in [1.29, 1.82) is 0 Å². The molecule has 0 radical (unpaired) electrons. The van der Waals surface area contributed by atoms with Crippen molar-refractivity contribution in [3.63, 3.8) is 0 Å². The molecule has 1 aliphatic heterocycles. The molecule has 1 saturated heterocycles. The summed E-state index contributed by atoms with van der Waals surface area (Å²) in [7, 11) is 0. The average Bonchev–Trinajstić information content (AvgIpc) is 2.82. The highest BCUT2D eigenvalue weighted by atomic mass is 16.2. The second kappa shape index (κ2) is 11.7. The summed E-state index contributed by atoms with van der Waals surface area (Å²) in [5.41, 5.74) is 2.17. The lowest BCUT2D eigenvalue weighted by atomic mass is 9.95. The van der Waals surface area contributed by atoms with Crippen LogP contribution in [0.5, 0.6) is 0 Å². The molecule has 2 amide bonds. The highest BCUT2D eigenvalue weighted by Crippen LogP contribution is 2.23. The largest absolute Gasteiger partial charge is 0.354 e. The molecule has 1 fully saturated rings. The topological polar surface area (TPSA) is 52.7 Å². The highest BCUT2D eigenvalue weighted by Gasteiger charge is 2.27. The summed E-state index contributed by atoms with van der Waals surface area (Å²) >= 11 is 0. The number of rotatable bonds is 9. The van der Waals surface area contributed by atoms with Gasteiger partial charge in [-0.1, -0.05) is 74.5 Å². The van der Waals surface area contributed by atoms with Crippen LogP contribution in [-0.2, 0) is 9.59 Å². The van der Waals surface area contributed by atoms with Crippen molar-refractivity contribution in [3.8, 4) is 0 Å². The maximum Gasteiger partial charge on any atom is 0.230 e. The summed E-state index contributed by atoms with van der Waals surface area (Å²) < 4.78 is 0. The molecule has 166 valence electrons. The van der Waals surface area contributed by atoms with Crippen molar-refractivity contribution in [3.05, 3.63) is 71.8 Å². The SMILES string of the molecule is CC[C@H](C(=O)NCCN1CCN(C(=O)[C@@H](CC)c2ccccc2)CC1)c1ccccc1. The number of nitrogens with one attached hydrogen (secondary N) is 1. The zero-order valence-corrected chi connectivity index (χ0v) is 18.8. The summed E-state index contributed by atoms with van der Waals surface area (Å²) in [5, 5.41) is 3.10. The van der Waals surface area contributed by atoms with Gasteiger partial charge in [-0.3, -0.25) is 14.5 Å². The van der Waals surface area contributed by atoms with E-state index in [1.54, 1.807) is 0 Å². The van der Waals surface area contributed by atoms with Crippen LogP contribution >= 0.6 is 0 Å². The maximum absolute atomic E-state index is 13.0. The normalized spacial score (nSPS) is 16.5. The number of amides is 2. The molecule has 0 aromatic heterocycles. The summed E-state index contributed by atoms with van der Waals surface area (Å²) in [6.07, 6.45) is 1.60. The molecular formula is C26H35N3O2. The fourth-order valence-electron chi connectivity index (χ4n) is 4.37. The summed E-state index contributed by atoms with van der Waals surface area (Å²) in [6.45, 7) is 8.77. The standard InChI is InChI=1S/C26H35N3O2/c1-3-23(21-11-7-5-8-12-21)25(30)27-15-16-28-17-19-29(20-18-28)26(31)24(4-2)22-13-9-6-10-14-22/h5-14,23-24H,3-4,15-20H2,1-2H3,(H,27,30)/t23-,24-/m0/s1. The Kier molecular flexibility index (Phi) is 8.65. The first-order chi connectivity index (χ1) is 15.1. The Morgan fingerprint density at radius 3 is 1.84 bits per heavy atom. The molecule has 5 heteroatoms. The Balaban J connectivity index is 1.43. The first-order valence-electron chi connectivity index (χ1n) is 11.5. The molecule has 1 aliphatic rings. The number of hydrogen-bond acceptors (Lipinski definition) is 3. The summed E-state index contributed by atoms with van der Waals surface area (Å²) in [6, 6.07) is 20.0. The molecule has 0 saturated carbocycles. The first-order valence-corrected chi connectivity index (χ1v) is 11.5. The van der Waals surface area contributed by atoms with E-state index < -0.39 is 0 Å². The van der Waals surface area contributed by atoms with Crippen LogP contribution in [0.4, 0.5) is 0 Å². The molecule has 0 aliphatic carbocycles. The Morgan fingerprint density at radius 1 is 0.806 bits per heavy atom. The monoisotopic (exact) mass is 421 g/mol. The molecule has 0 bridgehead atoms. The number of carbonyl (C=O) groups is 2. The Bertz CT molecular complexity index is 814. The zero-order chi connectivity index (χ0) is 22.1. The van der Waals surface area contributed by atoms with E-state index in [0.717, 1.165) is 56.7 Å².